The van der Waals surface area contributed by atoms with E-state index in [2.05, 4.69) is 4.98 Å². The highest BCUT2D eigenvalue weighted by atomic mass is 16.5. The van der Waals surface area contributed by atoms with E-state index in [0.717, 1.165) is 16.7 Å². The predicted octanol–water partition coefficient (Wildman–Crippen LogP) is 2.98. The Morgan fingerprint density at radius 2 is 2.24 bits per heavy atom. The Hall–Kier alpha value is -1.90. The quantitative estimate of drug-likeness (QED) is 0.809. The van der Waals surface area contributed by atoms with Crippen molar-refractivity contribution in [2.24, 2.45) is 0 Å². The van der Waals surface area contributed by atoms with Crippen molar-refractivity contribution in [3.8, 4) is 5.75 Å². The minimum atomic E-state index is -0.103. The molecule has 3 nitrogen and oxygen atoms in total. The summed E-state index contributed by atoms with van der Waals surface area (Å²) in [6.07, 6.45) is 2.08. The molecule has 88 valence electrons. The maximum atomic E-state index is 11.0. The topological polar surface area (TPSA) is 39.2 Å². The van der Waals surface area contributed by atoms with Crippen LogP contribution in [-0.4, -0.2) is 16.9 Å². The van der Waals surface area contributed by atoms with Crippen molar-refractivity contribution in [2.45, 2.75) is 26.4 Å². The Bertz CT molecular complexity index is 536. The first-order chi connectivity index (χ1) is 8.15. The lowest BCUT2D eigenvalue weighted by Crippen LogP contribution is -2.15. The van der Waals surface area contributed by atoms with Gasteiger partial charge in [-0.15, -0.1) is 0 Å². The summed E-state index contributed by atoms with van der Waals surface area (Å²) in [7, 11) is 0. The SMILES string of the molecule is CC(=O)CC(C)Oc1ccc2cccnc2c1. The summed E-state index contributed by atoms with van der Waals surface area (Å²) in [5.74, 6) is 0.890. The van der Waals surface area contributed by atoms with Gasteiger partial charge in [-0.1, -0.05) is 6.07 Å². The third-order valence-electron chi connectivity index (χ3n) is 2.49. The molecule has 0 amide bonds. The van der Waals surface area contributed by atoms with Gasteiger partial charge in [-0.3, -0.25) is 9.78 Å². The van der Waals surface area contributed by atoms with E-state index in [1.54, 1.807) is 13.1 Å². The minimum Gasteiger partial charge on any atom is -0.490 e. The van der Waals surface area contributed by atoms with Crippen molar-refractivity contribution in [3.63, 3.8) is 0 Å². The van der Waals surface area contributed by atoms with Crippen LogP contribution in [0.1, 0.15) is 20.3 Å². The van der Waals surface area contributed by atoms with Crippen LogP contribution in [0.4, 0.5) is 0 Å². The van der Waals surface area contributed by atoms with Gasteiger partial charge in [0, 0.05) is 24.1 Å². The lowest BCUT2D eigenvalue weighted by Gasteiger charge is -2.13. The first-order valence-corrected chi connectivity index (χ1v) is 5.66. The number of ketones is 1. The fourth-order valence-corrected chi connectivity index (χ4v) is 1.80. The van der Waals surface area contributed by atoms with Crippen LogP contribution < -0.4 is 4.74 Å². The molecule has 0 N–H and O–H groups in total. The number of hydrogen-bond donors (Lipinski definition) is 0. The zero-order chi connectivity index (χ0) is 12.3. The molecule has 0 radical (unpaired) electrons. The van der Waals surface area contributed by atoms with Gasteiger partial charge >= 0.3 is 0 Å². The molecule has 17 heavy (non-hydrogen) atoms. The molecular formula is C14H15NO2. The number of pyridine rings is 1. The molecule has 0 bridgehead atoms. The molecule has 0 saturated carbocycles. The van der Waals surface area contributed by atoms with E-state index in [1.165, 1.54) is 0 Å². The molecule has 2 rings (SSSR count). The molecule has 0 aliphatic carbocycles. The number of fused-ring (bicyclic) bond motifs is 1. The summed E-state index contributed by atoms with van der Waals surface area (Å²) in [5.41, 5.74) is 0.903. The highest BCUT2D eigenvalue weighted by Gasteiger charge is 2.07. The lowest BCUT2D eigenvalue weighted by molar-refractivity contribution is -0.118. The van der Waals surface area contributed by atoms with Gasteiger partial charge in [0.1, 0.15) is 17.6 Å². The molecule has 3 heteroatoms. The summed E-state index contributed by atoms with van der Waals surface area (Å²) in [4.78, 5) is 15.2. The summed E-state index contributed by atoms with van der Waals surface area (Å²) < 4.78 is 5.67. The lowest BCUT2D eigenvalue weighted by atomic mass is 10.2. The zero-order valence-electron chi connectivity index (χ0n) is 10.0. The van der Waals surface area contributed by atoms with Gasteiger partial charge in [0.15, 0.2) is 0 Å². The van der Waals surface area contributed by atoms with E-state index in [1.807, 2.05) is 37.3 Å². The molecule has 1 heterocycles. The van der Waals surface area contributed by atoms with Gasteiger partial charge in [0.25, 0.3) is 0 Å². The first-order valence-electron chi connectivity index (χ1n) is 5.66. The van der Waals surface area contributed by atoms with Gasteiger partial charge in [-0.2, -0.15) is 0 Å². The highest BCUT2D eigenvalue weighted by molar-refractivity contribution is 5.79. The maximum Gasteiger partial charge on any atom is 0.133 e. The van der Waals surface area contributed by atoms with Crippen LogP contribution in [0.2, 0.25) is 0 Å². The predicted molar refractivity (Wildman–Crippen MR) is 67.1 cm³/mol. The molecule has 1 aromatic heterocycles. The van der Waals surface area contributed by atoms with Gasteiger partial charge < -0.3 is 4.74 Å². The number of rotatable bonds is 4. The fourth-order valence-electron chi connectivity index (χ4n) is 1.80. The standard InChI is InChI=1S/C14H15NO2/c1-10(16)8-11(2)17-13-6-5-12-4-3-7-15-14(12)9-13/h3-7,9,11H,8H2,1-2H3. The van der Waals surface area contributed by atoms with Crippen molar-refractivity contribution in [1.82, 2.24) is 4.98 Å². The van der Waals surface area contributed by atoms with Crippen LogP contribution in [0.5, 0.6) is 5.75 Å². The Kier molecular flexibility index (Phi) is 3.38. The molecule has 0 aliphatic rings. The molecule has 0 aliphatic heterocycles. The van der Waals surface area contributed by atoms with Crippen molar-refractivity contribution in [2.75, 3.05) is 0 Å². The number of nitrogens with zero attached hydrogens (tertiary/aromatic N) is 1. The minimum absolute atomic E-state index is 0.103. The van der Waals surface area contributed by atoms with Crippen molar-refractivity contribution >= 4 is 16.7 Å². The fraction of sp³-hybridized carbons (Fsp3) is 0.286. The first kappa shape index (κ1) is 11.6. The van der Waals surface area contributed by atoms with Crippen LogP contribution in [0.3, 0.4) is 0 Å². The maximum absolute atomic E-state index is 11.0. The van der Waals surface area contributed by atoms with E-state index in [9.17, 15) is 4.79 Å². The van der Waals surface area contributed by atoms with E-state index in [0.29, 0.717) is 6.42 Å². The van der Waals surface area contributed by atoms with Crippen molar-refractivity contribution in [1.29, 1.82) is 0 Å². The smallest absolute Gasteiger partial charge is 0.133 e. The number of aromatic nitrogens is 1. The van der Waals surface area contributed by atoms with Crippen LogP contribution in [0, 0.1) is 0 Å². The Morgan fingerprint density at radius 1 is 1.41 bits per heavy atom. The van der Waals surface area contributed by atoms with Crippen LogP contribution >= 0.6 is 0 Å². The second-order valence-corrected chi connectivity index (χ2v) is 4.19. The Balaban J connectivity index is 2.16. The highest BCUT2D eigenvalue weighted by Crippen LogP contribution is 2.20. The zero-order valence-corrected chi connectivity index (χ0v) is 10.0. The molecule has 0 spiro atoms. The Labute approximate surface area is 100 Å². The normalized spacial score (nSPS) is 12.4. The summed E-state index contributed by atoms with van der Waals surface area (Å²) in [6.45, 7) is 3.46. The summed E-state index contributed by atoms with van der Waals surface area (Å²) in [5, 5.41) is 1.08. The summed E-state index contributed by atoms with van der Waals surface area (Å²) in [6, 6.07) is 9.68. The van der Waals surface area contributed by atoms with E-state index < -0.39 is 0 Å². The monoisotopic (exact) mass is 229 g/mol. The molecule has 0 fully saturated rings. The van der Waals surface area contributed by atoms with Gasteiger partial charge in [-0.25, -0.2) is 0 Å². The third-order valence-corrected chi connectivity index (χ3v) is 2.49. The number of carbonyl (C=O) groups excluding carboxylic acids is 1. The molecule has 1 atom stereocenters. The van der Waals surface area contributed by atoms with E-state index >= 15 is 0 Å². The number of Topliss-reactive ketones (excluding diaryl/α,β-unsaturated/α-hetero) is 1. The number of carbonyl (C=O) groups is 1. The van der Waals surface area contributed by atoms with Crippen LogP contribution in [-0.2, 0) is 4.79 Å². The summed E-state index contributed by atoms with van der Waals surface area (Å²) >= 11 is 0. The van der Waals surface area contributed by atoms with E-state index in [4.69, 9.17) is 4.74 Å². The molecular weight excluding hydrogens is 214 g/mol. The molecule has 2 aromatic rings. The molecule has 1 unspecified atom stereocenters. The Morgan fingerprint density at radius 3 is 3.00 bits per heavy atom. The molecule has 1 aromatic carbocycles. The van der Waals surface area contributed by atoms with Gasteiger partial charge in [-0.05, 0) is 32.0 Å². The van der Waals surface area contributed by atoms with Crippen molar-refractivity contribution in [3.05, 3.63) is 36.5 Å². The average molecular weight is 229 g/mol. The third kappa shape index (κ3) is 3.03. The van der Waals surface area contributed by atoms with Gasteiger partial charge in [0.05, 0.1) is 5.52 Å². The number of hydrogen-bond acceptors (Lipinski definition) is 3. The van der Waals surface area contributed by atoms with Crippen molar-refractivity contribution < 1.29 is 9.53 Å². The number of ether oxygens (including phenoxy) is 1. The molecule has 0 saturated heterocycles. The largest absolute Gasteiger partial charge is 0.490 e. The second-order valence-electron chi connectivity index (χ2n) is 4.19. The van der Waals surface area contributed by atoms with Gasteiger partial charge in [0.2, 0.25) is 0 Å². The number of benzene rings is 1. The van der Waals surface area contributed by atoms with E-state index in [-0.39, 0.29) is 11.9 Å². The average Bonchev–Trinajstić information content (AvgIpc) is 2.27. The van der Waals surface area contributed by atoms with Crippen LogP contribution in [0.15, 0.2) is 36.5 Å². The van der Waals surface area contributed by atoms with Crippen LogP contribution in [0.25, 0.3) is 10.9 Å². The second kappa shape index (κ2) is 4.95.